The number of hydrogen-bond donors (Lipinski definition) is 0. The van der Waals surface area contributed by atoms with E-state index in [9.17, 15) is 0 Å². The van der Waals surface area contributed by atoms with E-state index < -0.39 is 0 Å². The van der Waals surface area contributed by atoms with Crippen molar-refractivity contribution in [3.63, 3.8) is 0 Å². The molecular weight excluding hydrogens is 108 g/mol. The monoisotopic (exact) mass is 120 g/mol. The van der Waals surface area contributed by atoms with Gasteiger partial charge in [0.1, 0.15) is 0 Å². The molecule has 0 spiro atoms. The lowest BCUT2D eigenvalue weighted by Gasteiger charge is -1.75. The quantitative estimate of drug-likeness (QED) is 0.502. The molecule has 0 heterocycles. The van der Waals surface area contributed by atoms with Crippen LogP contribution in [0.3, 0.4) is 0 Å². The second-order valence-corrected chi connectivity index (χ2v) is 1.56. The van der Waals surface area contributed by atoms with Crippen LogP contribution in [0, 0.1) is 13.8 Å². The van der Waals surface area contributed by atoms with Gasteiger partial charge in [0, 0.05) is 0 Å². The van der Waals surface area contributed by atoms with Crippen LogP contribution in [0.4, 0.5) is 0 Å². The van der Waals surface area contributed by atoms with Crippen molar-refractivity contribution >= 4 is 0 Å². The first-order chi connectivity index (χ1) is 4.41. The summed E-state index contributed by atoms with van der Waals surface area (Å²) in [6.07, 6.45) is 12.4. The average Bonchev–Trinajstić information content (AvgIpc) is 1.89. The number of rotatable bonds is 3. The van der Waals surface area contributed by atoms with E-state index in [1.54, 1.807) is 12.2 Å². The Bertz CT molecular complexity index is 116. The Labute approximate surface area is 57.6 Å². The zero-order valence-corrected chi connectivity index (χ0v) is 5.59. The van der Waals surface area contributed by atoms with Gasteiger partial charge >= 0.3 is 0 Å². The van der Waals surface area contributed by atoms with E-state index in [0.29, 0.717) is 0 Å². The first-order valence-electron chi connectivity index (χ1n) is 2.97. The second kappa shape index (κ2) is 7.22. The maximum atomic E-state index is 3.56. The third-order valence-corrected chi connectivity index (χ3v) is 0.822. The molecule has 48 valence electrons. The van der Waals surface area contributed by atoms with Crippen molar-refractivity contribution in [2.45, 2.75) is 6.42 Å². The van der Waals surface area contributed by atoms with Crippen LogP contribution in [-0.4, -0.2) is 0 Å². The van der Waals surface area contributed by atoms with Gasteiger partial charge in [0.25, 0.3) is 0 Å². The van der Waals surface area contributed by atoms with Gasteiger partial charge in [-0.3, -0.25) is 0 Å². The molecular formula is C9H12. The van der Waals surface area contributed by atoms with Gasteiger partial charge in [0.2, 0.25) is 0 Å². The van der Waals surface area contributed by atoms with Crippen LogP contribution in [0.2, 0.25) is 0 Å². The van der Waals surface area contributed by atoms with Crippen molar-refractivity contribution in [1.29, 1.82) is 0 Å². The van der Waals surface area contributed by atoms with Crippen LogP contribution in [0.15, 0.2) is 36.5 Å². The summed E-state index contributed by atoms with van der Waals surface area (Å²) in [5.74, 6) is 0. The molecule has 9 heavy (non-hydrogen) atoms. The lowest BCUT2D eigenvalue weighted by molar-refractivity contribution is 1.39. The Kier molecular flexibility index (Phi) is 6.59. The van der Waals surface area contributed by atoms with Crippen molar-refractivity contribution in [2.75, 3.05) is 0 Å². The zero-order valence-electron chi connectivity index (χ0n) is 5.59. The van der Waals surface area contributed by atoms with Crippen molar-refractivity contribution in [3.05, 3.63) is 50.3 Å². The predicted molar refractivity (Wildman–Crippen MR) is 42.8 cm³/mol. The molecule has 0 rings (SSSR count). The fraction of sp³-hybridized carbons (Fsp3) is 0.111. The minimum Gasteiger partial charge on any atom is -0.0879 e. The molecule has 0 aliphatic rings. The lowest BCUT2D eigenvalue weighted by atomic mass is 10.3. The van der Waals surface area contributed by atoms with Crippen LogP contribution in [0.5, 0.6) is 0 Å². The molecule has 0 nitrogen and oxygen atoms in total. The molecule has 0 atom stereocenters. The molecule has 0 amide bonds. The van der Waals surface area contributed by atoms with Gasteiger partial charge < -0.3 is 0 Å². The topological polar surface area (TPSA) is 0 Å². The highest BCUT2D eigenvalue weighted by molar-refractivity contribution is 5.05. The van der Waals surface area contributed by atoms with E-state index in [0.717, 1.165) is 6.42 Å². The molecule has 0 aromatic carbocycles. The highest BCUT2D eigenvalue weighted by Gasteiger charge is 1.64. The lowest BCUT2D eigenvalue weighted by Crippen LogP contribution is -1.54. The Balaban J connectivity index is 3.25. The molecule has 0 N–H and O–H groups in total. The molecule has 0 fully saturated rings. The average molecular weight is 120 g/mol. The maximum absolute atomic E-state index is 3.56. The summed E-state index contributed by atoms with van der Waals surface area (Å²) in [6, 6.07) is 0. The van der Waals surface area contributed by atoms with E-state index in [1.165, 1.54) is 0 Å². The van der Waals surface area contributed by atoms with Gasteiger partial charge in [-0.2, -0.15) is 0 Å². The fourth-order valence-electron chi connectivity index (χ4n) is 0.410. The van der Waals surface area contributed by atoms with Crippen LogP contribution >= 0.6 is 0 Å². The standard InChI is InChI=1S/C9H12/c1-3-5-7-9-8-6-4-2/h3-7,9H,1-2,8H2. The first kappa shape index (κ1) is 8.22. The fourth-order valence-corrected chi connectivity index (χ4v) is 0.410. The minimum atomic E-state index is 0.952. The molecule has 0 saturated carbocycles. The first-order valence-corrected chi connectivity index (χ1v) is 2.97. The second-order valence-electron chi connectivity index (χ2n) is 1.56. The molecule has 2 radical (unpaired) electrons. The van der Waals surface area contributed by atoms with Crippen molar-refractivity contribution in [2.24, 2.45) is 0 Å². The molecule has 0 aromatic rings. The third-order valence-electron chi connectivity index (χ3n) is 0.822. The zero-order chi connectivity index (χ0) is 6.95. The number of hydrogen-bond acceptors (Lipinski definition) is 0. The molecule has 0 heteroatoms. The van der Waals surface area contributed by atoms with E-state index in [4.69, 9.17) is 0 Å². The normalized spacial score (nSPS) is 12.7. The van der Waals surface area contributed by atoms with Gasteiger partial charge in [-0.05, 0) is 20.3 Å². The summed E-state index contributed by atoms with van der Waals surface area (Å²) in [5.41, 5.74) is 0. The Hall–Kier alpha value is -0.780. The minimum absolute atomic E-state index is 0.952. The molecule has 0 bridgehead atoms. The van der Waals surface area contributed by atoms with Crippen LogP contribution in [0.25, 0.3) is 0 Å². The number of allylic oxidation sites excluding steroid dienone is 6. The van der Waals surface area contributed by atoms with Crippen LogP contribution in [-0.2, 0) is 0 Å². The van der Waals surface area contributed by atoms with Gasteiger partial charge in [-0.15, -0.1) is 0 Å². The maximum Gasteiger partial charge on any atom is -0.0166 e. The van der Waals surface area contributed by atoms with Gasteiger partial charge in [0.15, 0.2) is 0 Å². The molecule has 0 aliphatic carbocycles. The summed E-state index contributed by atoms with van der Waals surface area (Å²) in [7, 11) is 0. The van der Waals surface area contributed by atoms with E-state index in [2.05, 4.69) is 13.8 Å². The van der Waals surface area contributed by atoms with Crippen LogP contribution in [0.1, 0.15) is 6.42 Å². The van der Waals surface area contributed by atoms with E-state index >= 15 is 0 Å². The van der Waals surface area contributed by atoms with Gasteiger partial charge in [-0.1, -0.05) is 36.5 Å². The van der Waals surface area contributed by atoms with Gasteiger partial charge in [0.05, 0.1) is 0 Å². The summed E-state index contributed by atoms with van der Waals surface area (Å²) < 4.78 is 0. The largest absolute Gasteiger partial charge is 0.0879 e. The van der Waals surface area contributed by atoms with Gasteiger partial charge in [-0.25, -0.2) is 0 Å². The Morgan fingerprint density at radius 2 is 1.67 bits per heavy atom. The van der Waals surface area contributed by atoms with E-state index in [1.807, 2.05) is 24.3 Å². The molecule has 0 aliphatic heterocycles. The molecule has 0 aromatic heterocycles. The van der Waals surface area contributed by atoms with Crippen molar-refractivity contribution < 1.29 is 0 Å². The van der Waals surface area contributed by atoms with Crippen molar-refractivity contribution in [3.8, 4) is 0 Å². The summed E-state index contributed by atoms with van der Waals surface area (Å²) in [4.78, 5) is 0. The summed E-state index contributed by atoms with van der Waals surface area (Å²) in [6.45, 7) is 7.10. The highest BCUT2D eigenvalue weighted by Crippen LogP contribution is 1.85. The van der Waals surface area contributed by atoms with Crippen LogP contribution < -0.4 is 0 Å². The molecule has 0 unspecified atom stereocenters. The van der Waals surface area contributed by atoms with E-state index in [-0.39, 0.29) is 0 Å². The smallest absolute Gasteiger partial charge is 0.0166 e. The predicted octanol–water partition coefficient (Wildman–Crippen LogP) is 2.71. The Morgan fingerprint density at radius 3 is 2.22 bits per heavy atom. The van der Waals surface area contributed by atoms with Crippen molar-refractivity contribution in [1.82, 2.24) is 0 Å². The molecule has 0 saturated heterocycles. The Morgan fingerprint density at radius 1 is 0.889 bits per heavy atom. The SMILES string of the molecule is [CH2]C=CC=CCC=C[CH2]. The highest BCUT2D eigenvalue weighted by atomic mass is 13.7. The summed E-state index contributed by atoms with van der Waals surface area (Å²) in [5, 5.41) is 0. The summed E-state index contributed by atoms with van der Waals surface area (Å²) >= 11 is 0. The third kappa shape index (κ3) is 7.22.